The van der Waals surface area contributed by atoms with Gasteiger partial charge in [0.1, 0.15) is 0 Å². The predicted molar refractivity (Wildman–Crippen MR) is 79.4 cm³/mol. The Hall–Kier alpha value is -0.520. The molecule has 0 fully saturated rings. The number of aliphatic hydroxyl groups excluding tert-OH is 1. The van der Waals surface area contributed by atoms with Crippen LogP contribution in [0.5, 0.6) is 0 Å². The maximum Gasteiger partial charge on any atom is 0.231 e. The molecular weight excluding hydrogens is 266 g/mol. The van der Waals surface area contributed by atoms with Crippen LogP contribution < -0.4 is 5.32 Å². The number of rotatable bonds is 7. The molecule has 1 amide bonds. The maximum atomic E-state index is 12.3. The monoisotopic (exact) mass is 287 g/mol. The van der Waals surface area contributed by atoms with E-state index in [4.69, 9.17) is 5.11 Å². The summed E-state index contributed by atoms with van der Waals surface area (Å²) in [6.45, 7) is 3.97. The van der Waals surface area contributed by atoms with Gasteiger partial charge < -0.3 is 10.4 Å². The minimum atomic E-state index is -0.514. The van der Waals surface area contributed by atoms with Gasteiger partial charge in [0.25, 0.3) is 0 Å². The van der Waals surface area contributed by atoms with Gasteiger partial charge in [-0.2, -0.15) is 11.8 Å². The minimum absolute atomic E-state index is 0.0254. The molecule has 0 aliphatic heterocycles. The van der Waals surface area contributed by atoms with Crippen LogP contribution in [0.4, 0.5) is 0 Å². The normalized spacial score (nSPS) is 13.3. The highest BCUT2D eigenvalue weighted by molar-refractivity contribution is 7.98. The van der Waals surface area contributed by atoms with E-state index in [1.807, 2.05) is 37.6 Å². The van der Waals surface area contributed by atoms with Crippen LogP contribution in [0.15, 0.2) is 17.5 Å². The molecule has 0 spiro atoms. The van der Waals surface area contributed by atoms with Crippen molar-refractivity contribution in [2.24, 2.45) is 0 Å². The number of amides is 1. The fourth-order valence-corrected chi connectivity index (χ4v) is 3.17. The van der Waals surface area contributed by atoms with E-state index < -0.39 is 5.41 Å². The standard InChI is InChI=1S/C13H21NO2S2/c1-13(2,11-5-4-8-18-11)12(16)14-10(6-7-15)9-17-3/h4-5,8,10,15H,6-7,9H2,1-3H3,(H,14,16). The molecule has 0 saturated heterocycles. The number of carbonyl (C=O) groups excluding carboxylic acids is 1. The van der Waals surface area contributed by atoms with Crippen LogP contribution in [0.2, 0.25) is 0 Å². The lowest BCUT2D eigenvalue weighted by molar-refractivity contribution is -0.126. The summed E-state index contributed by atoms with van der Waals surface area (Å²) >= 11 is 3.27. The Morgan fingerprint density at radius 1 is 1.61 bits per heavy atom. The molecule has 1 aromatic rings. The van der Waals surface area contributed by atoms with E-state index >= 15 is 0 Å². The topological polar surface area (TPSA) is 49.3 Å². The van der Waals surface area contributed by atoms with Gasteiger partial charge in [0.15, 0.2) is 0 Å². The van der Waals surface area contributed by atoms with Gasteiger partial charge in [0.2, 0.25) is 5.91 Å². The average molecular weight is 287 g/mol. The average Bonchev–Trinajstić information content (AvgIpc) is 2.83. The molecule has 3 nitrogen and oxygen atoms in total. The zero-order valence-electron chi connectivity index (χ0n) is 11.1. The molecule has 5 heteroatoms. The van der Waals surface area contributed by atoms with Crippen molar-refractivity contribution in [3.8, 4) is 0 Å². The lowest BCUT2D eigenvalue weighted by Crippen LogP contribution is -2.46. The SMILES string of the molecule is CSCC(CCO)NC(=O)C(C)(C)c1cccs1. The molecule has 0 aromatic carbocycles. The summed E-state index contributed by atoms with van der Waals surface area (Å²) < 4.78 is 0. The second-order valence-electron chi connectivity index (χ2n) is 4.74. The van der Waals surface area contributed by atoms with Crippen LogP contribution in [-0.4, -0.2) is 35.7 Å². The van der Waals surface area contributed by atoms with Crippen LogP contribution in [0.25, 0.3) is 0 Å². The Bertz CT molecular complexity index is 357. The van der Waals surface area contributed by atoms with Gasteiger partial charge in [-0.15, -0.1) is 11.3 Å². The Balaban J connectivity index is 2.68. The van der Waals surface area contributed by atoms with Crippen molar-refractivity contribution in [2.75, 3.05) is 18.6 Å². The minimum Gasteiger partial charge on any atom is -0.396 e. The molecule has 102 valence electrons. The zero-order chi connectivity index (χ0) is 13.6. The highest BCUT2D eigenvalue weighted by Crippen LogP contribution is 2.27. The maximum absolute atomic E-state index is 12.3. The first-order chi connectivity index (χ1) is 8.52. The fraction of sp³-hybridized carbons (Fsp3) is 0.615. The lowest BCUT2D eigenvalue weighted by Gasteiger charge is -2.26. The molecule has 1 heterocycles. The lowest BCUT2D eigenvalue weighted by atomic mass is 9.90. The van der Waals surface area contributed by atoms with Gasteiger partial charge >= 0.3 is 0 Å². The van der Waals surface area contributed by atoms with E-state index in [0.717, 1.165) is 10.6 Å². The number of hydrogen-bond donors (Lipinski definition) is 2. The Kier molecular flexibility index (Phi) is 6.18. The van der Waals surface area contributed by atoms with Crippen molar-refractivity contribution in [1.29, 1.82) is 0 Å². The Labute approximate surface area is 117 Å². The van der Waals surface area contributed by atoms with Gasteiger partial charge in [-0.1, -0.05) is 6.07 Å². The number of aliphatic hydroxyl groups is 1. The largest absolute Gasteiger partial charge is 0.396 e. The molecule has 0 saturated carbocycles. The second-order valence-corrected chi connectivity index (χ2v) is 6.60. The first-order valence-electron chi connectivity index (χ1n) is 5.97. The first kappa shape index (κ1) is 15.5. The van der Waals surface area contributed by atoms with E-state index in [9.17, 15) is 4.79 Å². The molecular formula is C13H21NO2S2. The van der Waals surface area contributed by atoms with Gasteiger partial charge in [-0.3, -0.25) is 4.79 Å². The number of hydrogen-bond acceptors (Lipinski definition) is 4. The zero-order valence-corrected chi connectivity index (χ0v) is 12.7. The van der Waals surface area contributed by atoms with Gasteiger partial charge in [-0.05, 0) is 38.0 Å². The summed E-state index contributed by atoms with van der Waals surface area (Å²) in [5.41, 5.74) is -0.514. The van der Waals surface area contributed by atoms with Crippen molar-refractivity contribution < 1.29 is 9.90 Å². The summed E-state index contributed by atoms with van der Waals surface area (Å²) in [5, 5.41) is 14.0. The Morgan fingerprint density at radius 3 is 2.83 bits per heavy atom. The van der Waals surface area contributed by atoms with Crippen molar-refractivity contribution in [1.82, 2.24) is 5.32 Å². The van der Waals surface area contributed by atoms with Crippen LogP contribution in [0.3, 0.4) is 0 Å². The van der Waals surface area contributed by atoms with Crippen molar-refractivity contribution in [3.05, 3.63) is 22.4 Å². The first-order valence-corrected chi connectivity index (χ1v) is 8.24. The summed E-state index contributed by atoms with van der Waals surface area (Å²) in [5.74, 6) is 0.852. The third-order valence-corrected chi connectivity index (χ3v) is 4.81. The van der Waals surface area contributed by atoms with E-state index in [1.54, 1.807) is 23.1 Å². The number of thioether (sulfide) groups is 1. The molecule has 1 aromatic heterocycles. The van der Waals surface area contributed by atoms with E-state index in [1.165, 1.54) is 0 Å². The Morgan fingerprint density at radius 2 is 2.33 bits per heavy atom. The molecule has 2 N–H and O–H groups in total. The van der Waals surface area contributed by atoms with Gasteiger partial charge in [0.05, 0.1) is 5.41 Å². The molecule has 0 bridgehead atoms. The fourth-order valence-electron chi connectivity index (χ4n) is 1.67. The van der Waals surface area contributed by atoms with Crippen LogP contribution in [0.1, 0.15) is 25.1 Å². The summed E-state index contributed by atoms with van der Waals surface area (Å²) in [7, 11) is 0. The summed E-state index contributed by atoms with van der Waals surface area (Å²) in [6.07, 6.45) is 2.61. The number of carbonyl (C=O) groups is 1. The van der Waals surface area contributed by atoms with Gasteiger partial charge in [0, 0.05) is 23.3 Å². The van der Waals surface area contributed by atoms with Crippen LogP contribution in [-0.2, 0) is 10.2 Å². The molecule has 0 radical (unpaired) electrons. The molecule has 0 aliphatic rings. The van der Waals surface area contributed by atoms with Crippen molar-refractivity contribution in [3.63, 3.8) is 0 Å². The second kappa shape index (κ2) is 7.16. The molecule has 1 unspecified atom stereocenters. The van der Waals surface area contributed by atoms with Crippen molar-refractivity contribution >= 4 is 29.0 Å². The van der Waals surface area contributed by atoms with E-state index in [2.05, 4.69) is 5.32 Å². The molecule has 18 heavy (non-hydrogen) atoms. The van der Waals surface area contributed by atoms with E-state index in [0.29, 0.717) is 6.42 Å². The third-order valence-electron chi connectivity index (χ3n) is 2.89. The van der Waals surface area contributed by atoms with Crippen LogP contribution in [0, 0.1) is 0 Å². The number of nitrogens with one attached hydrogen (secondary N) is 1. The molecule has 1 atom stereocenters. The van der Waals surface area contributed by atoms with Crippen LogP contribution >= 0.6 is 23.1 Å². The van der Waals surface area contributed by atoms with E-state index in [-0.39, 0.29) is 18.6 Å². The van der Waals surface area contributed by atoms with Gasteiger partial charge in [-0.25, -0.2) is 0 Å². The number of thiophene rings is 1. The summed E-state index contributed by atoms with van der Waals surface area (Å²) in [4.78, 5) is 13.4. The van der Waals surface area contributed by atoms with Crippen molar-refractivity contribution in [2.45, 2.75) is 31.7 Å². The molecule has 0 aliphatic carbocycles. The smallest absolute Gasteiger partial charge is 0.231 e. The highest BCUT2D eigenvalue weighted by Gasteiger charge is 2.31. The highest BCUT2D eigenvalue weighted by atomic mass is 32.2. The summed E-state index contributed by atoms with van der Waals surface area (Å²) in [6, 6.07) is 3.99. The third kappa shape index (κ3) is 4.00. The predicted octanol–water partition coefficient (Wildman–Crippen LogP) is 2.26. The quantitative estimate of drug-likeness (QED) is 0.809. The molecule has 1 rings (SSSR count).